The van der Waals surface area contributed by atoms with Gasteiger partial charge in [-0.15, -0.1) is 0 Å². The lowest BCUT2D eigenvalue weighted by atomic mass is 9.99. The van der Waals surface area contributed by atoms with Gasteiger partial charge in [0.1, 0.15) is 12.1 Å². The first-order valence-corrected chi connectivity index (χ1v) is 5.45. The van der Waals surface area contributed by atoms with Crippen LogP contribution in [0.2, 0.25) is 0 Å². The molecule has 0 aliphatic carbocycles. The molecule has 1 aliphatic rings. The van der Waals surface area contributed by atoms with Crippen molar-refractivity contribution in [2.24, 2.45) is 5.73 Å². The Bertz CT molecular complexity index is 433. The second-order valence-electron chi connectivity index (χ2n) is 4.06. The quantitative estimate of drug-likeness (QED) is 0.791. The number of carbonyl (C=O) groups is 2. The summed E-state index contributed by atoms with van der Waals surface area (Å²) in [5.41, 5.74) is 6.53. The molecule has 5 nitrogen and oxygen atoms in total. The van der Waals surface area contributed by atoms with Crippen molar-refractivity contribution in [1.29, 1.82) is 0 Å². The average molecular weight is 234 g/mol. The fraction of sp³-hybridized carbons (Fsp3) is 0.333. The highest BCUT2D eigenvalue weighted by Crippen LogP contribution is 2.22. The monoisotopic (exact) mass is 234 g/mol. The first kappa shape index (κ1) is 11.6. The number of hydrogen-bond acceptors (Lipinski definition) is 3. The summed E-state index contributed by atoms with van der Waals surface area (Å²) in [6.45, 7) is 0.469. The number of hydrogen-bond donors (Lipinski definition) is 2. The number of carbonyl (C=O) groups excluding carboxylic acids is 1. The van der Waals surface area contributed by atoms with Crippen molar-refractivity contribution in [3.05, 3.63) is 35.9 Å². The van der Waals surface area contributed by atoms with Crippen molar-refractivity contribution in [2.75, 3.05) is 6.54 Å². The molecule has 1 aromatic rings. The molecule has 2 atom stereocenters. The molecule has 5 heteroatoms. The number of carboxylic acids is 1. The Hall–Kier alpha value is -1.88. The zero-order valence-electron chi connectivity index (χ0n) is 9.24. The fourth-order valence-electron chi connectivity index (χ4n) is 1.89. The van der Waals surface area contributed by atoms with Crippen LogP contribution in [0.5, 0.6) is 0 Å². The molecule has 1 aromatic carbocycles. The van der Waals surface area contributed by atoms with Gasteiger partial charge in [-0.25, -0.2) is 4.79 Å². The molecule has 0 unspecified atom stereocenters. The van der Waals surface area contributed by atoms with E-state index in [-0.39, 0.29) is 5.91 Å². The van der Waals surface area contributed by atoms with E-state index in [9.17, 15) is 9.59 Å². The molecular weight excluding hydrogens is 220 g/mol. The van der Waals surface area contributed by atoms with Crippen molar-refractivity contribution in [3.63, 3.8) is 0 Å². The third-order valence-electron chi connectivity index (χ3n) is 3.01. The van der Waals surface area contributed by atoms with Gasteiger partial charge < -0.3 is 15.7 Å². The maximum atomic E-state index is 12.0. The van der Waals surface area contributed by atoms with Gasteiger partial charge in [0.2, 0.25) is 5.91 Å². The summed E-state index contributed by atoms with van der Waals surface area (Å²) >= 11 is 0. The Kier molecular flexibility index (Phi) is 3.10. The summed E-state index contributed by atoms with van der Waals surface area (Å²) in [4.78, 5) is 24.1. The van der Waals surface area contributed by atoms with E-state index < -0.39 is 18.1 Å². The van der Waals surface area contributed by atoms with E-state index in [1.807, 2.05) is 6.07 Å². The van der Waals surface area contributed by atoms with Crippen molar-refractivity contribution >= 4 is 11.9 Å². The third kappa shape index (κ3) is 2.14. The topological polar surface area (TPSA) is 83.6 Å². The first-order chi connectivity index (χ1) is 8.11. The predicted octanol–water partition coefficient (Wildman–Crippen LogP) is 0.372. The summed E-state index contributed by atoms with van der Waals surface area (Å²) in [5.74, 6) is -1.29. The third-order valence-corrected chi connectivity index (χ3v) is 3.01. The minimum Gasteiger partial charge on any atom is -0.480 e. The lowest BCUT2D eigenvalue weighted by Gasteiger charge is -2.39. The van der Waals surface area contributed by atoms with Crippen LogP contribution in [-0.4, -0.2) is 34.5 Å². The summed E-state index contributed by atoms with van der Waals surface area (Å²) in [6.07, 6.45) is 0.503. The Morgan fingerprint density at radius 1 is 1.35 bits per heavy atom. The molecule has 0 spiro atoms. The van der Waals surface area contributed by atoms with Gasteiger partial charge in [-0.2, -0.15) is 0 Å². The molecule has 0 bridgehead atoms. The Morgan fingerprint density at radius 3 is 2.47 bits per heavy atom. The molecule has 1 amide bonds. The molecule has 0 radical (unpaired) electrons. The van der Waals surface area contributed by atoms with Crippen LogP contribution in [0.3, 0.4) is 0 Å². The average Bonchev–Trinajstić information content (AvgIpc) is 2.27. The lowest BCUT2D eigenvalue weighted by molar-refractivity contribution is -0.157. The van der Waals surface area contributed by atoms with E-state index in [2.05, 4.69) is 0 Å². The van der Waals surface area contributed by atoms with Crippen LogP contribution in [0, 0.1) is 0 Å². The van der Waals surface area contributed by atoms with E-state index >= 15 is 0 Å². The predicted molar refractivity (Wildman–Crippen MR) is 61.1 cm³/mol. The second-order valence-corrected chi connectivity index (χ2v) is 4.06. The molecule has 17 heavy (non-hydrogen) atoms. The Morgan fingerprint density at radius 2 is 2.00 bits per heavy atom. The van der Waals surface area contributed by atoms with Gasteiger partial charge in [0.15, 0.2) is 0 Å². The van der Waals surface area contributed by atoms with Crippen LogP contribution in [0.4, 0.5) is 0 Å². The number of amides is 1. The number of nitrogens with two attached hydrogens (primary N) is 1. The van der Waals surface area contributed by atoms with Gasteiger partial charge in [0.25, 0.3) is 0 Å². The molecule has 3 N–H and O–H groups in total. The molecule has 1 fully saturated rings. The summed E-state index contributed by atoms with van der Waals surface area (Å²) in [5, 5.41) is 8.87. The van der Waals surface area contributed by atoms with Crippen molar-refractivity contribution in [1.82, 2.24) is 4.90 Å². The highest BCUT2D eigenvalue weighted by atomic mass is 16.4. The van der Waals surface area contributed by atoms with Gasteiger partial charge in [0.05, 0.1) is 0 Å². The lowest BCUT2D eigenvalue weighted by Crippen LogP contribution is -2.57. The molecule has 0 saturated carbocycles. The van der Waals surface area contributed by atoms with Gasteiger partial charge in [0, 0.05) is 6.54 Å². The van der Waals surface area contributed by atoms with Crippen LogP contribution in [0.25, 0.3) is 0 Å². The maximum Gasteiger partial charge on any atom is 0.326 e. The molecule has 1 aliphatic heterocycles. The van der Waals surface area contributed by atoms with E-state index in [0.717, 1.165) is 0 Å². The van der Waals surface area contributed by atoms with E-state index in [1.54, 1.807) is 24.3 Å². The molecule has 1 saturated heterocycles. The van der Waals surface area contributed by atoms with E-state index in [4.69, 9.17) is 10.8 Å². The molecular formula is C12H14N2O3. The molecule has 90 valence electrons. The summed E-state index contributed by atoms with van der Waals surface area (Å²) in [7, 11) is 0. The number of benzene rings is 1. The van der Waals surface area contributed by atoms with E-state index in [0.29, 0.717) is 18.5 Å². The Balaban J connectivity index is 2.08. The zero-order valence-corrected chi connectivity index (χ0v) is 9.24. The highest BCUT2D eigenvalue weighted by molar-refractivity contribution is 5.89. The van der Waals surface area contributed by atoms with Crippen molar-refractivity contribution < 1.29 is 14.7 Å². The van der Waals surface area contributed by atoms with Crippen LogP contribution >= 0.6 is 0 Å². The first-order valence-electron chi connectivity index (χ1n) is 5.45. The molecule has 1 heterocycles. The van der Waals surface area contributed by atoms with Gasteiger partial charge >= 0.3 is 5.97 Å². The van der Waals surface area contributed by atoms with E-state index in [1.165, 1.54) is 4.90 Å². The molecule has 2 rings (SSSR count). The Labute approximate surface area is 98.8 Å². The molecule has 0 aromatic heterocycles. The summed E-state index contributed by atoms with van der Waals surface area (Å²) < 4.78 is 0. The minimum atomic E-state index is -0.968. The van der Waals surface area contributed by atoms with Crippen molar-refractivity contribution in [2.45, 2.75) is 18.5 Å². The normalized spacial score (nSPS) is 20.5. The SMILES string of the molecule is N[C@@H](C(=O)N1CC[C@H]1C(=O)O)c1ccccc1. The number of rotatable bonds is 3. The maximum absolute atomic E-state index is 12.0. The minimum absolute atomic E-state index is 0.324. The number of nitrogens with zero attached hydrogens (tertiary/aromatic N) is 1. The zero-order chi connectivity index (χ0) is 12.4. The van der Waals surface area contributed by atoms with Crippen LogP contribution in [0.15, 0.2) is 30.3 Å². The van der Waals surface area contributed by atoms with Gasteiger partial charge in [-0.3, -0.25) is 4.79 Å². The second kappa shape index (κ2) is 4.55. The number of carboxylic acid groups (broad SMARTS) is 1. The summed E-state index contributed by atoms with van der Waals surface area (Å²) in [6, 6.07) is 7.47. The standard InChI is InChI=1S/C12H14N2O3/c13-10(8-4-2-1-3-5-8)11(15)14-7-6-9(14)12(16)17/h1-5,9-10H,6-7,13H2,(H,16,17)/t9-,10+/m0/s1. The smallest absolute Gasteiger partial charge is 0.326 e. The van der Waals surface area contributed by atoms with Gasteiger partial charge in [-0.1, -0.05) is 30.3 Å². The van der Waals surface area contributed by atoms with Crippen molar-refractivity contribution in [3.8, 4) is 0 Å². The van der Waals surface area contributed by atoms with Gasteiger partial charge in [-0.05, 0) is 12.0 Å². The number of aliphatic carboxylic acids is 1. The van der Waals surface area contributed by atoms with Crippen LogP contribution in [0.1, 0.15) is 18.0 Å². The number of likely N-dealkylation sites (tertiary alicyclic amines) is 1. The van der Waals surface area contributed by atoms with Crippen LogP contribution in [-0.2, 0) is 9.59 Å². The largest absolute Gasteiger partial charge is 0.480 e. The fourth-order valence-corrected chi connectivity index (χ4v) is 1.89. The van der Waals surface area contributed by atoms with Crippen LogP contribution < -0.4 is 5.73 Å². The highest BCUT2D eigenvalue weighted by Gasteiger charge is 2.39.